The van der Waals surface area contributed by atoms with Crippen molar-refractivity contribution in [2.24, 2.45) is 0 Å². The van der Waals surface area contributed by atoms with Gasteiger partial charge in [0.2, 0.25) is 29.5 Å². The van der Waals surface area contributed by atoms with Gasteiger partial charge >= 0.3 is 0 Å². The molecule has 4 aliphatic rings. The van der Waals surface area contributed by atoms with Gasteiger partial charge in [-0.3, -0.25) is 38.2 Å². The van der Waals surface area contributed by atoms with E-state index in [1.165, 1.54) is 11.1 Å². The van der Waals surface area contributed by atoms with E-state index < -0.39 is 30.2 Å². The van der Waals surface area contributed by atoms with E-state index in [0.717, 1.165) is 120 Å². The van der Waals surface area contributed by atoms with Crippen molar-refractivity contribution in [1.82, 2.24) is 71.7 Å². The third-order valence-corrected chi connectivity index (χ3v) is 17.4. The number of hydrogen-bond donors (Lipinski definition) is 6. The highest BCUT2D eigenvalue weighted by Crippen LogP contribution is 2.34. The standard InChI is InChI=1S/C62H86N14O5/c1-42(63-3)58(77)65-48-25-11-12-26-49-33-35-54(75(49)39-48)60(79)67-56(46-21-7-5-8-22-46)52-40-73(71-69-52)37-17-15-19-44-29-31-45(32-30-44)20-16-18-38-74-41-53(70-72-74)57(47-23-9-6-10-24-47)68-61(80)55-36-34-50-27-13-14-28-51(62(81)76(50)55)66-59(78)43(2)64-4/h5-10,21-24,29-32,40-43,48-51,54-57,63-64H,11-20,25-28,33-39H2,1-4H3,(H,65,77)(H,66,78)(H,67,79)(H,68,80)/t42-,43-,48-,49-,50-,51-,54-,55-,56+,57+/m0/s1. The second-order valence-corrected chi connectivity index (χ2v) is 23.0. The third kappa shape index (κ3) is 15.4. The van der Waals surface area contributed by atoms with E-state index in [4.69, 9.17) is 0 Å². The van der Waals surface area contributed by atoms with Crippen LogP contribution in [0.2, 0.25) is 0 Å². The maximum Gasteiger partial charge on any atom is 0.246 e. The Morgan fingerprint density at radius 1 is 0.556 bits per heavy atom. The minimum Gasteiger partial charge on any atom is -0.351 e. The molecule has 4 aliphatic heterocycles. The zero-order chi connectivity index (χ0) is 56.7. The summed E-state index contributed by atoms with van der Waals surface area (Å²) in [6, 6.07) is 25.7. The first-order valence-corrected chi connectivity index (χ1v) is 30.1. The number of amides is 5. The summed E-state index contributed by atoms with van der Waals surface area (Å²) in [5.41, 5.74) is 5.76. The highest BCUT2D eigenvalue weighted by molar-refractivity contribution is 5.94. The third-order valence-electron chi connectivity index (χ3n) is 17.4. The summed E-state index contributed by atoms with van der Waals surface area (Å²) >= 11 is 0. The lowest BCUT2D eigenvalue weighted by molar-refractivity contribution is -0.144. The first-order chi connectivity index (χ1) is 39.5. The van der Waals surface area contributed by atoms with Gasteiger partial charge in [-0.15, -0.1) is 10.2 Å². The Morgan fingerprint density at radius 2 is 1.04 bits per heavy atom. The molecule has 10 atom stereocenters. The lowest BCUT2D eigenvalue weighted by Gasteiger charge is -2.36. The van der Waals surface area contributed by atoms with Crippen molar-refractivity contribution in [3.05, 3.63) is 131 Å². The molecule has 9 rings (SSSR count). The Hall–Kier alpha value is -6.83. The molecular formula is C62H86N14O5. The average Bonchev–Trinajstić information content (AvgIpc) is 4.54. The number of benzene rings is 3. The van der Waals surface area contributed by atoms with E-state index in [0.29, 0.717) is 43.4 Å². The van der Waals surface area contributed by atoms with Crippen LogP contribution in [0.15, 0.2) is 97.3 Å². The number of hydrogen-bond acceptors (Lipinski definition) is 12. The quantitative estimate of drug-likeness (QED) is 0.0401. The van der Waals surface area contributed by atoms with Crippen molar-refractivity contribution in [1.29, 1.82) is 0 Å². The van der Waals surface area contributed by atoms with Gasteiger partial charge in [-0.1, -0.05) is 121 Å². The Morgan fingerprint density at radius 3 is 1.59 bits per heavy atom. The molecule has 81 heavy (non-hydrogen) atoms. The molecule has 0 saturated carbocycles. The lowest BCUT2D eigenvalue weighted by Crippen LogP contribution is -2.58. The molecule has 0 radical (unpaired) electrons. The fourth-order valence-electron chi connectivity index (χ4n) is 12.5. The van der Waals surface area contributed by atoms with Gasteiger partial charge in [0.15, 0.2) is 0 Å². The smallest absolute Gasteiger partial charge is 0.246 e. The van der Waals surface area contributed by atoms with Crippen molar-refractivity contribution < 1.29 is 24.0 Å². The molecule has 434 valence electrons. The van der Waals surface area contributed by atoms with Crippen LogP contribution >= 0.6 is 0 Å². The number of nitrogens with zero attached hydrogens (tertiary/aromatic N) is 8. The highest BCUT2D eigenvalue weighted by atomic mass is 16.2. The average molecular weight is 1110 g/mol. The lowest BCUT2D eigenvalue weighted by atomic mass is 9.98. The van der Waals surface area contributed by atoms with Crippen LogP contribution in [0, 0.1) is 0 Å². The fraction of sp³-hybridized carbons (Fsp3) is 0.565. The number of aryl methyl sites for hydroxylation is 4. The summed E-state index contributed by atoms with van der Waals surface area (Å²) in [4.78, 5) is 72.5. The molecule has 3 aromatic carbocycles. The maximum absolute atomic E-state index is 14.3. The molecule has 5 amide bonds. The Bertz CT molecular complexity index is 2830. The minimum atomic E-state index is -0.670. The number of fused-ring (bicyclic) bond motifs is 2. The van der Waals surface area contributed by atoms with E-state index in [-0.39, 0.29) is 53.7 Å². The predicted octanol–water partition coefficient (Wildman–Crippen LogP) is 5.85. The van der Waals surface area contributed by atoms with Crippen LogP contribution in [-0.2, 0) is 49.9 Å². The number of carbonyl (C=O) groups is 5. The van der Waals surface area contributed by atoms with Gasteiger partial charge in [-0.05, 0) is 140 Å². The van der Waals surface area contributed by atoms with Crippen LogP contribution in [0.5, 0.6) is 0 Å². The minimum absolute atomic E-state index is 0.00428. The van der Waals surface area contributed by atoms with Gasteiger partial charge in [0.1, 0.15) is 23.5 Å². The van der Waals surface area contributed by atoms with Crippen LogP contribution in [0.1, 0.15) is 162 Å². The predicted molar refractivity (Wildman–Crippen MR) is 310 cm³/mol. The van der Waals surface area contributed by atoms with Crippen molar-refractivity contribution in [2.75, 3.05) is 20.6 Å². The first-order valence-electron chi connectivity index (χ1n) is 30.1. The molecule has 6 N–H and O–H groups in total. The first kappa shape index (κ1) is 58.8. The summed E-state index contributed by atoms with van der Waals surface area (Å²) < 4.78 is 3.74. The Labute approximate surface area is 477 Å². The summed E-state index contributed by atoms with van der Waals surface area (Å²) in [5.74, 6) is -0.657. The zero-order valence-corrected chi connectivity index (χ0v) is 48.0. The largest absolute Gasteiger partial charge is 0.351 e. The number of unbranched alkanes of at least 4 members (excludes halogenated alkanes) is 2. The van der Waals surface area contributed by atoms with Crippen LogP contribution in [0.4, 0.5) is 0 Å². The molecule has 0 unspecified atom stereocenters. The number of nitrogens with one attached hydrogen (secondary N) is 6. The molecule has 2 aromatic heterocycles. The Kier molecular flexibility index (Phi) is 20.9. The van der Waals surface area contributed by atoms with E-state index in [1.54, 1.807) is 25.9 Å². The number of rotatable bonds is 24. The van der Waals surface area contributed by atoms with E-state index in [2.05, 4.69) is 81.7 Å². The van der Waals surface area contributed by atoms with Crippen molar-refractivity contribution in [3.8, 4) is 0 Å². The van der Waals surface area contributed by atoms with Crippen LogP contribution < -0.4 is 31.9 Å². The van der Waals surface area contributed by atoms with Crippen molar-refractivity contribution in [3.63, 3.8) is 0 Å². The molecule has 0 aliphatic carbocycles. The molecule has 4 fully saturated rings. The SMILES string of the molecule is CN[C@@H](C)C(=O)N[C@H]1CCCC[C@H]2CC[C@@H](C(=O)N[C@H](c3ccccc3)c3cn(CCCCc4ccc(CCCCn5cc([C@H](NC(=O)[C@@H]6CC[C@@H]7CCCC[C@H](NC(=O)[C@H](C)NC)C(=O)N76)c6ccccc6)nn5)cc4)nn3)N2C1. The van der Waals surface area contributed by atoms with Crippen LogP contribution in [0.3, 0.4) is 0 Å². The second kappa shape index (κ2) is 28.7. The number of likely N-dealkylation sites (N-methyl/N-ethyl adjacent to an activating group) is 2. The van der Waals surface area contributed by atoms with Gasteiger partial charge in [0.05, 0.1) is 42.6 Å². The van der Waals surface area contributed by atoms with E-state index in [1.807, 2.05) is 89.3 Å². The maximum atomic E-state index is 14.3. The second-order valence-electron chi connectivity index (χ2n) is 23.0. The van der Waals surface area contributed by atoms with Crippen molar-refractivity contribution >= 4 is 29.5 Å². The molecule has 6 heterocycles. The summed E-state index contributed by atoms with van der Waals surface area (Å²) in [6.07, 6.45) is 19.9. The fourth-order valence-corrected chi connectivity index (χ4v) is 12.5. The molecule has 0 bridgehead atoms. The summed E-state index contributed by atoms with van der Waals surface area (Å²) in [7, 11) is 3.51. The normalized spacial score (nSPS) is 22.9. The monoisotopic (exact) mass is 1110 g/mol. The van der Waals surface area contributed by atoms with Gasteiger partial charge in [-0.25, -0.2) is 0 Å². The topological polar surface area (TPSA) is 225 Å². The van der Waals surface area contributed by atoms with E-state index >= 15 is 0 Å². The molecule has 0 spiro atoms. The zero-order valence-electron chi connectivity index (χ0n) is 48.0. The summed E-state index contributed by atoms with van der Waals surface area (Å²) in [6.45, 7) is 5.70. The van der Waals surface area contributed by atoms with Crippen LogP contribution in [0.25, 0.3) is 0 Å². The molecule has 5 aromatic rings. The van der Waals surface area contributed by atoms with Gasteiger partial charge < -0.3 is 36.8 Å². The molecular weight excluding hydrogens is 1020 g/mol. The molecule has 19 nitrogen and oxygen atoms in total. The van der Waals surface area contributed by atoms with Gasteiger partial charge in [-0.2, -0.15) is 0 Å². The van der Waals surface area contributed by atoms with E-state index in [9.17, 15) is 24.0 Å². The number of carbonyl (C=O) groups excluding carboxylic acids is 5. The Balaban J connectivity index is 0.729. The summed E-state index contributed by atoms with van der Waals surface area (Å²) in [5, 5.41) is 37.0. The van der Waals surface area contributed by atoms with Crippen LogP contribution in [-0.4, -0.2) is 138 Å². The highest BCUT2D eigenvalue weighted by Gasteiger charge is 2.45. The van der Waals surface area contributed by atoms with Gasteiger partial charge in [0, 0.05) is 37.8 Å². The van der Waals surface area contributed by atoms with Crippen molar-refractivity contribution in [2.45, 2.75) is 203 Å². The number of aromatic nitrogens is 6. The molecule has 4 saturated heterocycles. The molecule has 19 heteroatoms. The van der Waals surface area contributed by atoms with Gasteiger partial charge in [0.25, 0.3) is 0 Å².